The van der Waals surface area contributed by atoms with Gasteiger partial charge in [0.25, 0.3) is 16.8 Å². The lowest BCUT2D eigenvalue weighted by molar-refractivity contribution is -0.384. The van der Waals surface area contributed by atoms with Crippen LogP contribution in [0, 0.1) is 17.0 Å². The van der Waals surface area contributed by atoms with E-state index in [9.17, 15) is 19.7 Å². The maximum Gasteiger partial charge on any atom is 0.298 e. The van der Waals surface area contributed by atoms with Crippen LogP contribution in [0.1, 0.15) is 11.1 Å². The van der Waals surface area contributed by atoms with Crippen molar-refractivity contribution >= 4 is 40.4 Å². The summed E-state index contributed by atoms with van der Waals surface area (Å²) in [6.07, 6.45) is 1.49. The summed E-state index contributed by atoms with van der Waals surface area (Å²) in [5.41, 5.74) is 1.88. The van der Waals surface area contributed by atoms with Gasteiger partial charge in [-0.05, 0) is 48.0 Å². The fraction of sp³-hybridized carbons (Fsp3) is 0.0588. The molecule has 0 unspecified atom stereocenters. The number of benzene rings is 2. The minimum Gasteiger partial charge on any atom is -0.268 e. The smallest absolute Gasteiger partial charge is 0.268 e. The molecule has 2 aromatic carbocycles. The lowest BCUT2D eigenvalue weighted by Crippen LogP contribution is -2.27. The number of aryl methyl sites for hydroxylation is 1. The molecule has 0 saturated carbocycles. The number of non-ortho nitro benzene ring substituents is 1. The molecule has 3 rings (SSSR count). The number of amides is 2. The Hall–Kier alpha value is -2.93. The van der Waals surface area contributed by atoms with Crippen molar-refractivity contribution in [3.63, 3.8) is 0 Å². The normalized spacial score (nSPS) is 16.0. The highest BCUT2D eigenvalue weighted by Crippen LogP contribution is 2.36. The third kappa shape index (κ3) is 3.07. The maximum atomic E-state index is 12.5. The molecule has 1 saturated heterocycles. The number of nitrogens with zero attached hydrogens (tertiary/aromatic N) is 2. The van der Waals surface area contributed by atoms with Crippen molar-refractivity contribution in [1.29, 1.82) is 0 Å². The quantitative estimate of drug-likeness (QED) is 0.476. The first-order valence-corrected chi connectivity index (χ1v) is 7.86. The molecule has 1 aliphatic heterocycles. The molecule has 0 spiro atoms. The molecule has 0 aliphatic carbocycles. The van der Waals surface area contributed by atoms with Crippen LogP contribution >= 0.6 is 11.8 Å². The number of carbonyl (C=O) groups excluding carboxylic acids is 2. The first kappa shape index (κ1) is 15.9. The van der Waals surface area contributed by atoms with E-state index in [0.29, 0.717) is 11.3 Å². The van der Waals surface area contributed by atoms with E-state index in [1.165, 1.54) is 24.3 Å². The van der Waals surface area contributed by atoms with Crippen LogP contribution in [0.4, 0.5) is 16.2 Å². The number of nitro benzene ring substituents is 1. The predicted molar refractivity (Wildman–Crippen MR) is 92.7 cm³/mol. The van der Waals surface area contributed by atoms with E-state index in [0.717, 1.165) is 22.2 Å². The Kier molecular flexibility index (Phi) is 4.18. The predicted octanol–water partition coefficient (Wildman–Crippen LogP) is 4.14. The Morgan fingerprint density at radius 2 is 1.88 bits per heavy atom. The molecule has 120 valence electrons. The van der Waals surface area contributed by atoms with Gasteiger partial charge < -0.3 is 0 Å². The largest absolute Gasteiger partial charge is 0.298 e. The summed E-state index contributed by atoms with van der Waals surface area (Å²) < 4.78 is 0. The van der Waals surface area contributed by atoms with E-state index >= 15 is 0 Å². The van der Waals surface area contributed by atoms with Crippen LogP contribution in [0.25, 0.3) is 6.08 Å². The Labute approximate surface area is 141 Å². The molecule has 2 amide bonds. The van der Waals surface area contributed by atoms with E-state index < -0.39 is 10.8 Å². The second kappa shape index (κ2) is 6.29. The van der Waals surface area contributed by atoms with Crippen LogP contribution in [0.5, 0.6) is 0 Å². The van der Waals surface area contributed by atoms with Gasteiger partial charge in [-0.15, -0.1) is 0 Å². The van der Waals surface area contributed by atoms with E-state index in [4.69, 9.17) is 0 Å². The van der Waals surface area contributed by atoms with Crippen molar-refractivity contribution in [3.8, 4) is 0 Å². The van der Waals surface area contributed by atoms with Gasteiger partial charge in [0.05, 0.1) is 15.5 Å². The van der Waals surface area contributed by atoms with Crippen LogP contribution in [0.2, 0.25) is 0 Å². The van der Waals surface area contributed by atoms with Crippen LogP contribution in [0.15, 0.2) is 53.4 Å². The van der Waals surface area contributed by atoms with Crippen molar-refractivity contribution < 1.29 is 14.5 Å². The second-order valence-electron chi connectivity index (χ2n) is 5.21. The molecule has 0 N–H and O–H groups in total. The Morgan fingerprint density at radius 1 is 1.12 bits per heavy atom. The molecule has 0 bridgehead atoms. The lowest BCUT2D eigenvalue weighted by Gasteiger charge is -2.12. The van der Waals surface area contributed by atoms with E-state index in [1.807, 2.05) is 13.0 Å². The third-order valence-electron chi connectivity index (χ3n) is 3.43. The minimum atomic E-state index is -0.504. The zero-order valence-electron chi connectivity index (χ0n) is 12.6. The number of anilines is 1. The number of nitro groups is 1. The van der Waals surface area contributed by atoms with Gasteiger partial charge in [0.1, 0.15) is 0 Å². The molecule has 6 nitrogen and oxygen atoms in total. The van der Waals surface area contributed by atoms with Gasteiger partial charge in [0.15, 0.2) is 0 Å². The van der Waals surface area contributed by atoms with Gasteiger partial charge in [-0.3, -0.25) is 19.7 Å². The summed E-state index contributed by atoms with van der Waals surface area (Å²) >= 11 is 0.820. The van der Waals surface area contributed by atoms with Gasteiger partial charge in [-0.2, -0.15) is 0 Å². The molecule has 1 fully saturated rings. The van der Waals surface area contributed by atoms with Crippen LogP contribution in [-0.2, 0) is 4.79 Å². The van der Waals surface area contributed by atoms with Crippen molar-refractivity contribution in [2.24, 2.45) is 0 Å². The summed E-state index contributed by atoms with van der Waals surface area (Å²) in [6.45, 7) is 1.88. The molecule has 7 heteroatoms. The number of rotatable bonds is 3. The monoisotopic (exact) mass is 340 g/mol. The lowest BCUT2D eigenvalue weighted by atomic mass is 10.2. The maximum absolute atomic E-state index is 12.5. The first-order chi connectivity index (χ1) is 11.5. The van der Waals surface area contributed by atoms with Gasteiger partial charge in [-0.25, -0.2) is 4.90 Å². The Morgan fingerprint density at radius 3 is 2.58 bits per heavy atom. The third-order valence-corrected chi connectivity index (χ3v) is 4.30. The molecule has 1 heterocycles. The molecule has 2 aromatic rings. The number of imide groups is 1. The van der Waals surface area contributed by atoms with Crippen LogP contribution in [-0.4, -0.2) is 16.1 Å². The average Bonchev–Trinajstić information content (AvgIpc) is 2.81. The topological polar surface area (TPSA) is 80.5 Å². The Balaban J connectivity index is 1.94. The van der Waals surface area contributed by atoms with Gasteiger partial charge in [0, 0.05) is 12.1 Å². The second-order valence-corrected chi connectivity index (χ2v) is 6.20. The summed E-state index contributed by atoms with van der Waals surface area (Å²) in [6, 6.07) is 13.0. The van der Waals surface area contributed by atoms with Gasteiger partial charge in [0.2, 0.25) is 0 Å². The number of thioether (sulfide) groups is 1. The van der Waals surface area contributed by atoms with E-state index in [1.54, 1.807) is 24.3 Å². The van der Waals surface area contributed by atoms with Crippen molar-refractivity contribution in [3.05, 3.63) is 74.7 Å². The van der Waals surface area contributed by atoms with Crippen LogP contribution in [0.3, 0.4) is 0 Å². The standard InChI is InChI=1S/C17H12N2O4S/c1-11-4-2-6-13(8-11)18-16(20)15(24-17(18)21)10-12-5-3-7-14(9-12)19(22)23/h2-10H,1H3/b15-10-. The highest BCUT2D eigenvalue weighted by atomic mass is 32.2. The summed E-state index contributed by atoms with van der Waals surface area (Å²) in [5.74, 6) is -0.429. The van der Waals surface area contributed by atoms with Gasteiger partial charge >= 0.3 is 0 Å². The number of carbonyl (C=O) groups is 2. The zero-order valence-corrected chi connectivity index (χ0v) is 13.4. The van der Waals surface area contributed by atoms with Crippen molar-refractivity contribution in [1.82, 2.24) is 0 Å². The van der Waals surface area contributed by atoms with Gasteiger partial charge in [-0.1, -0.05) is 24.3 Å². The summed E-state index contributed by atoms with van der Waals surface area (Å²) in [5, 5.41) is 10.4. The SMILES string of the molecule is Cc1cccc(N2C(=O)S/C(=C\c3cccc([N+](=O)[O-])c3)C2=O)c1. The van der Waals surface area contributed by atoms with Crippen molar-refractivity contribution in [2.45, 2.75) is 6.92 Å². The highest BCUT2D eigenvalue weighted by molar-refractivity contribution is 8.19. The fourth-order valence-electron chi connectivity index (χ4n) is 2.34. The molecule has 0 atom stereocenters. The molecule has 24 heavy (non-hydrogen) atoms. The van der Waals surface area contributed by atoms with E-state index in [2.05, 4.69) is 0 Å². The number of hydrogen-bond donors (Lipinski definition) is 0. The number of hydrogen-bond acceptors (Lipinski definition) is 5. The van der Waals surface area contributed by atoms with E-state index in [-0.39, 0.29) is 15.8 Å². The van der Waals surface area contributed by atoms with Crippen molar-refractivity contribution in [2.75, 3.05) is 4.90 Å². The summed E-state index contributed by atoms with van der Waals surface area (Å²) in [7, 11) is 0. The molecule has 0 radical (unpaired) electrons. The molecular weight excluding hydrogens is 328 g/mol. The molecule has 1 aliphatic rings. The highest BCUT2D eigenvalue weighted by Gasteiger charge is 2.36. The molecule has 0 aromatic heterocycles. The summed E-state index contributed by atoms with van der Waals surface area (Å²) in [4.78, 5) is 36.4. The Bertz CT molecular complexity index is 892. The fourth-order valence-corrected chi connectivity index (χ4v) is 3.18. The van der Waals surface area contributed by atoms with Crippen LogP contribution < -0.4 is 4.90 Å². The molecular formula is C17H12N2O4S. The first-order valence-electron chi connectivity index (χ1n) is 7.05. The zero-order chi connectivity index (χ0) is 17.3. The average molecular weight is 340 g/mol. The minimum absolute atomic E-state index is 0.0679.